The van der Waals surface area contributed by atoms with E-state index in [-0.39, 0.29) is 0 Å². The van der Waals surface area contributed by atoms with Crippen molar-refractivity contribution < 1.29 is 0 Å². The first-order valence-corrected chi connectivity index (χ1v) is 6.00. The van der Waals surface area contributed by atoms with Gasteiger partial charge < -0.3 is 5.73 Å². The molecule has 2 N–H and O–H groups in total. The summed E-state index contributed by atoms with van der Waals surface area (Å²) < 4.78 is 0.797. The Kier molecular flexibility index (Phi) is 2.52. The van der Waals surface area contributed by atoms with Gasteiger partial charge in [0.25, 0.3) is 0 Å². The number of nitrogen functional groups attached to an aromatic ring is 1. The number of aryl methyl sites for hydroxylation is 1. The lowest BCUT2D eigenvalue weighted by Crippen LogP contribution is -2.08. The molecule has 1 nitrogen and oxygen atoms in total. The topological polar surface area (TPSA) is 26.0 Å². The average Bonchev–Trinajstić information content (AvgIpc) is 2.43. The lowest BCUT2D eigenvalue weighted by Gasteiger charge is -2.21. The van der Waals surface area contributed by atoms with Crippen LogP contribution in [0.5, 0.6) is 0 Å². The molecule has 0 aliphatic heterocycles. The van der Waals surface area contributed by atoms with Crippen LogP contribution in [0.25, 0.3) is 0 Å². The van der Waals surface area contributed by atoms with Gasteiger partial charge in [0.05, 0.1) is 5.69 Å². The fourth-order valence-electron chi connectivity index (χ4n) is 2.17. The number of nitrogens with two attached hydrogens (primary N) is 1. The predicted octanol–water partition coefficient (Wildman–Crippen LogP) is 3.81. The molecule has 0 radical (unpaired) electrons. The summed E-state index contributed by atoms with van der Waals surface area (Å²) in [7, 11) is 0. The monoisotopic (exact) mass is 215 g/mol. The van der Waals surface area contributed by atoms with E-state index in [4.69, 9.17) is 17.3 Å². The maximum Gasteiger partial charge on any atom is 0.116 e. The van der Waals surface area contributed by atoms with E-state index in [1.165, 1.54) is 36.1 Å². The lowest BCUT2D eigenvalue weighted by molar-refractivity contribution is 0.548. The Morgan fingerprint density at radius 1 is 1.62 bits per heavy atom. The maximum atomic E-state index is 6.04. The van der Waals surface area contributed by atoms with Crippen molar-refractivity contribution >= 4 is 28.6 Å². The Labute approximate surface area is 87.9 Å². The molecule has 1 aromatic heterocycles. The van der Waals surface area contributed by atoms with Gasteiger partial charge in [-0.15, -0.1) is 11.3 Å². The third-order valence-electron chi connectivity index (χ3n) is 2.87. The Morgan fingerprint density at radius 2 is 2.38 bits per heavy atom. The van der Waals surface area contributed by atoms with Crippen LogP contribution in [0.4, 0.5) is 5.69 Å². The van der Waals surface area contributed by atoms with Gasteiger partial charge in [-0.25, -0.2) is 0 Å². The van der Waals surface area contributed by atoms with Crippen molar-refractivity contribution in [2.75, 3.05) is 5.73 Å². The minimum Gasteiger partial charge on any atom is -0.397 e. The van der Waals surface area contributed by atoms with Crippen LogP contribution in [0.15, 0.2) is 0 Å². The second-order valence-electron chi connectivity index (χ2n) is 3.62. The summed E-state index contributed by atoms with van der Waals surface area (Å²) in [5.41, 5.74) is 8.19. The number of hydrogen-bond donors (Lipinski definition) is 1. The zero-order valence-corrected chi connectivity index (χ0v) is 9.34. The quantitative estimate of drug-likeness (QED) is 0.758. The summed E-state index contributed by atoms with van der Waals surface area (Å²) in [6.45, 7) is 2.23. The number of rotatable bonds is 1. The molecule has 1 aliphatic carbocycles. The number of anilines is 1. The van der Waals surface area contributed by atoms with E-state index in [2.05, 4.69) is 6.92 Å². The molecule has 0 fully saturated rings. The Bertz CT molecular complexity index is 319. The van der Waals surface area contributed by atoms with Crippen molar-refractivity contribution in [2.45, 2.75) is 38.5 Å². The van der Waals surface area contributed by atoms with Crippen LogP contribution < -0.4 is 5.73 Å². The molecule has 72 valence electrons. The van der Waals surface area contributed by atoms with E-state index in [1.807, 2.05) is 0 Å². The van der Waals surface area contributed by atoms with Crippen molar-refractivity contribution in [3.8, 4) is 0 Å². The molecule has 1 unspecified atom stereocenters. The van der Waals surface area contributed by atoms with Crippen molar-refractivity contribution in [2.24, 2.45) is 0 Å². The first-order valence-electron chi connectivity index (χ1n) is 4.80. The zero-order valence-electron chi connectivity index (χ0n) is 7.77. The Hall–Kier alpha value is -0.210. The third kappa shape index (κ3) is 1.46. The first-order chi connectivity index (χ1) is 6.24. The second kappa shape index (κ2) is 3.50. The lowest BCUT2D eigenvalue weighted by atomic mass is 9.85. The molecule has 0 bridgehead atoms. The molecule has 0 aromatic carbocycles. The molecule has 13 heavy (non-hydrogen) atoms. The molecule has 0 spiro atoms. The number of thiophene rings is 1. The predicted molar refractivity (Wildman–Crippen MR) is 59.7 cm³/mol. The Morgan fingerprint density at radius 3 is 3.08 bits per heavy atom. The van der Waals surface area contributed by atoms with E-state index in [1.54, 1.807) is 11.3 Å². The van der Waals surface area contributed by atoms with Crippen LogP contribution in [-0.2, 0) is 6.42 Å². The normalized spacial score (nSPS) is 21.5. The number of halogens is 1. The van der Waals surface area contributed by atoms with E-state index in [0.29, 0.717) is 5.92 Å². The summed E-state index contributed by atoms with van der Waals surface area (Å²) in [4.78, 5) is 1.43. The van der Waals surface area contributed by atoms with Gasteiger partial charge >= 0.3 is 0 Å². The largest absolute Gasteiger partial charge is 0.397 e. The molecule has 3 heteroatoms. The highest BCUT2D eigenvalue weighted by Crippen LogP contribution is 2.45. The summed E-state index contributed by atoms with van der Waals surface area (Å²) in [6.07, 6.45) is 4.93. The highest BCUT2D eigenvalue weighted by Gasteiger charge is 2.24. The molecule has 1 atom stereocenters. The molecule has 1 aromatic rings. The van der Waals surface area contributed by atoms with Crippen molar-refractivity contribution in [3.63, 3.8) is 0 Å². The summed E-state index contributed by atoms with van der Waals surface area (Å²) >= 11 is 7.71. The van der Waals surface area contributed by atoms with Crippen molar-refractivity contribution in [3.05, 3.63) is 14.8 Å². The van der Waals surface area contributed by atoms with Gasteiger partial charge in [-0.3, -0.25) is 0 Å². The van der Waals surface area contributed by atoms with Gasteiger partial charge in [0.15, 0.2) is 0 Å². The first kappa shape index (κ1) is 9.35. The molecule has 0 saturated heterocycles. The van der Waals surface area contributed by atoms with Crippen LogP contribution in [0.1, 0.15) is 42.5 Å². The summed E-state index contributed by atoms with van der Waals surface area (Å²) in [6, 6.07) is 0. The van der Waals surface area contributed by atoms with Gasteiger partial charge in [-0.2, -0.15) is 0 Å². The van der Waals surface area contributed by atoms with Gasteiger partial charge in [-0.1, -0.05) is 18.5 Å². The van der Waals surface area contributed by atoms with Crippen LogP contribution in [-0.4, -0.2) is 0 Å². The van der Waals surface area contributed by atoms with Crippen LogP contribution in [0.2, 0.25) is 4.34 Å². The minimum absolute atomic E-state index is 0.660. The molecule has 0 amide bonds. The average molecular weight is 216 g/mol. The molecular weight excluding hydrogens is 202 g/mol. The highest BCUT2D eigenvalue weighted by atomic mass is 35.5. The standard InChI is InChI=1S/C10H14ClNS/c1-2-6-4-3-5-7-8(6)9(12)10(11)13-7/h6H,2-5,12H2,1H3. The number of hydrogen-bond acceptors (Lipinski definition) is 2. The fraction of sp³-hybridized carbons (Fsp3) is 0.600. The third-order valence-corrected chi connectivity index (χ3v) is 4.38. The van der Waals surface area contributed by atoms with Crippen LogP contribution >= 0.6 is 22.9 Å². The molecule has 0 saturated carbocycles. The van der Waals surface area contributed by atoms with Gasteiger partial charge in [0, 0.05) is 4.88 Å². The van der Waals surface area contributed by atoms with Gasteiger partial charge in [0.2, 0.25) is 0 Å². The summed E-state index contributed by atoms with van der Waals surface area (Å²) in [5.74, 6) is 0.660. The zero-order chi connectivity index (χ0) is 9.42. The van der Waals surface area contributed by atoms with E-state index >= 15 is 0 Å². The van der Waals surface area contributed by atoms with E-state index < -0.39 is 0 Å². The fourth-order valence-corrected chi connectivity index (χ4v) is 3.62. The van der Waals surface area contributed by atoms with E-state index in [0.717, 1.165) is 10.0 Å². The van der Waals surface area contributed by atoms with Crippen molar-refractivity contribution in [1.82, 2.24) is 0 Å². The summed E-state index contributed by atoms with van der Waals surface area (Å²) in [5, 5.41) is 0. The Balaban J connectivity index is 2.47. The maximum absolute atomic E-state index is 6.04. The smallest absolute Gasteiger partial charge is 0.116 e. The van der Waals surface area contributed by atoms with Crippen molar-refractivity contribution in [1.29, 1.82) is 0 Å². The molecular formula is C10H14ClNS. The van der Waals surface area contributed by atoms with E-state index in [9.17, 15) is 0 Å². The van der Waals surface area contributed by atoms with Crippen LogP contribution in [0, 0.1) is 0 Å². The number of fused-ring (bicyclic) bond motifs is 1. The highest BCUT2D eigenvalue weighted by molar-refractivity contribution is 7.17. The molecule has 1 aliphatic rings. The van der Waals surface area contributed by atoms with Gasteiger partial charge in [-0.05, 0) is 37.2 Å². The second-order valence-corrected chi connectivity index (χ2v) is 5.33. The van der Waals surface area contributed by atoms with Gasteiger partial charge in [0.1, 0.15) is 4.34 Å². The molecule has 2 rings (SSSR count). The molecule has 1 heterocycles. The minimum atomic E-state index is 0.660. The SMILES string of the molecule is CCC1CCCc2sc(Cl)c(N)c21. The van der Waals surface area contributed by atoms with Crippen LogP contribution in [0.3, 0.4) is 0 Å².